The first-order valence-corrected chi connectivity index (χ1v) is 7.03. The van der Waals surface area contributed by atoms with Gasteiger partial charge in [-0.1, -0.05) is 18.2 Å². The summed E-state index contributed by atoms with van der Waals surface area (Å²) in [5.74, 6) is 1.03. The molecule has 0 amide bonds. The first-order chi connectivity index (χ1) is 9.88. The van der Waals surface area contributed by atoms with E-state index in [0.717, 1.165) is 22.4 Å². The highest BCUT2D eigenvalue weighted by atomic mass is 16.5. The van der Waals surface area contributed by atoms with Crippen molar-refractivity contribution in [2.45, 2.75) is 34.3 Å². The van der Waals surface area contributed by atoms with Crippen molar-refractivity contribution < 1.29 is 4.74 Å². The van der Waals surface area contributed by atoms with E-state index in [-0.39, 0.29) is 5.84 Å². The predicted molar refractivity (Wildman–Crippen MR) is 87.2 cm³/mol. The zero-order valence-corrected chi connectivity index (χ0v) is 13.1. The SMILES string of the molecule is Cc1cc(C)c(C)c(OCc2ccc(C(=N)N)cc2C)c1. The lowest BCUT2D eigenvalue weighted by Gasteiger charge is -2.14. The van der Waals surface area contributed by atoms with Crippen molar-refractivity contribution in [2.24, 2.45) is 5.73 Å². The van der Waals surface area contributed by atoms with E-state index in [1.807, 2.05) is 25.1 Å². The molecule has 0 aromatic heterocycles. The summed E-state index contributed by atoms with van der Waals surface area (Å²) in [4.78, 5) is 0. The molecule has 0 atom stereocenters. The summed E-state index contributed by atoms with van der Waals surface area (Å²) in [5, 5.41) is 7.46. The minimum absolute atomic E-state index is 0.0933. The highest BCUT2D eigenvalue weighted by Crippen LogP contribution is 2.24. The van der Waals surface area contributed by atoms with E-state index in [1.165, 1.54) is 16.7 Å². The molecule has 0 saturated heterocycles. The fourth-order valence-electron chi connectivity index (χ4n) is 2.33. The molecule has 0 saturated carbocycles. The molecule has 0 fully saturated rings. The molecule has 2 aromatic carbocycles. The van der Waals surface area contributed by atoms with Gasteiger partial charge in [-0.15, -0.1) is 0 Å². The molecular formula is C18H22N2O. The van der Waals surface area contributed by atoms with Gasteiger partial charge in [0.25, 0.3) is 0 Å². The molecule has 0 spiro atoms. The number of aryl methyl sites for hydroxylation is 3. The number of hydrogen-bond donors (Lipinski definition) is 2. The molecule has 110 valence electrons. The molecule has 0 aliphatic rings. The molecule has 0 bridgehead atoms. The molecule has 2 rings (SSSR count). The van der Waals surface area contributed by atoms with E-state index in [2.05, 4.69) is 32.9 Å². The van der Waals surface area contributed by atoms with Gasteiger partial charge in [-0.3, -0.25) is 5.41 Å². The predicted octanol–water partition coefficient (Wildman–Crippen LogP) is 3.78. The summed E-state index contributed by atoms with van der Waals surface area (Å²) in [7, 11) is 0. The third-order valence-corrected chi connectivity index (χ3v) is 3.80. The standard InChI is InChI=1S/C18H22N2O/c1-11-7-12(2)14(4)17(8-11)21-10-16-6-5-15(18(19)20)9-13(16)3/h5-9H,10H2,1-4H3,(H3,19,20). The molecule has 0 aliphatic carbocycles. The molecule has 3 nitrogen and oxygen atoms in total. The highest BCUT2D eigenvalue weighted by Gasteiger charge is 2.07. The molecule has 3 N–H and O–H groups in total. The van der Waals surface area contributed by atoms with Gasteiger partial charge in [0.15, 0.2) is 0 Å². The van der Waals surface area contributed by atoms with Crippen molar-refractivity contribution >= 4 is 5.84 Å². The Balaban J connectivity index is 2.19. The van der Waals surface area contributed by atoms with Gasteiger partial charge in [0, 0.05) is 5.56 Å². The molecule has 0 aliphatic heterocycles. The maximum absolute atomic E-state index is 7.46. The van der Waals surface area contributed by atoms with Crippen LogP contribution in [0.25, 0.3) is 0 Å². The van der Waals surface area contributed by atoms with E-state index in [1.54, 1.807) is 0 Å². The maximum atomic E-state index is 7.46. The Hall–Kier alpha value is -2.29. The summed E-state index contributed by atoms with van der Waals surface area (Å²) in [5.41, 5.74) is 12.1. The molecular weight excluding hydrogens is 260 g/mol. The van der Waals surface area contributed by atoms with Crippen LogP contribution in [0.5, 0.6) is 5.75 Å². The summed E-state index contributed by atoms with van der Waals surface area (Å²) in [6.07, 6.45) is 0. The molecule has 3 heteroatoms. The van der Waals surface area contributed by atoms with Crippen LogP contribution in [0.15, 0.2) is 30.3 Å². The zero-order chi connectivity index (χ0) is 15.6. The number of nitrogens with two attached hydrogens (primary N) is 1. The van der Waals surface area contributed by atoms with Crippen molar-refractivity contribution in [1.29, 1.82) is 5.41 Å². The Kier molecular flexibility index (Phi) is 4.32. The fraction of sp³-hybridized carbons (Fsp3) is 0.278. The van der Waals surface area contributed by atoms with Crippen LogP contribution in [0.4, 0.5) is 0 Å². The summed E-state index contributed by atoms with van der Waals surface area (Å²) < 4.78 is 5.98. The lowest BCUT2D eigenvalue weighted by molar-refractivity contribution is 0.303. The van der Waals surface area contributed by atoms with Crippen LogP contribution >= 0.6 is 0 Å². The van der Waals surface area contributed by atoms with Gasteiger partial charge < -0.3 is 10.5 Å². The van der Waals surface area contributed by atoms with E-state index >= 15 is 0 Å². The van der Waals surface area contributed by atoms with Crippen LogP contribution in [-0.4, -0.2) is 5.84 Å². The van der Waals surface area contributed by atoms with E-state index in [9.17, 15) is 0 Å². The highest BCUT2D eigenvalue weighted by molar-refractivity contribution is 5.95. The lowest BCUT2D eigenvalue weighted by Crippen LogP contribution is -2.11. The zero-order valence-electron chi connectivity index (χ0n) is 13.1. The normalized spacial score (nSPS) is 10.5. The summed E-state index contributed by atoms with van der Waals surface area (Å²) >= 11 is 0. The number of rotatable bonds is 4. The van der Waals surface area contributed by atoms with Gasteiger partial charge in [-0.2, -0.15) is 0 Å². The Bertz CT molecular complexity index is 690. The second-order valence-corrected chi connectivity index (χ2v) is 5.55. The fourth-order valence-corrected chi connectivity index (χ4v) is 2.33. The van der Waals surface area contributed by atoms with Gasteiger partial charge in [-0.05, 0) is 67.6 Å². The molecule has 21 heavy (non-hydrogen) atoms. The van der Waals surface area contributed by atoms with Crippen LogP contribution in [-0.2, 0) is 6.61 Å². The second-order valence-electron chi connectivity index (χ2n) is 5.55. The second kappa shape index (κ2) is 6.00. The Morgan fingerprint density at radius 3 is 2.38 bits per heavy atom. The van der Waals surface area contributed by atoms with Crippen molar-refractivity contribution in [3.63, 3.8) is 0 Å². The quantitative estimate of drug-likeness (QED) is 0.662. The molecule has 0 radical (unpaired) electrons. The summed E-state index contributed by atoms with van der Waals surface area (Å²) in [6, 6.07) is 10.00. The van der Waals surface area contributed by atoms with Gasteiger partial charge in [-0.25, -0.2) is 0 Å². The third kappa shape index (κ3) is 3.43. The molecule has 2 aromatic rings. The maximum Gasteiger partial charge on any atom is 0.123 e. The third-order valence-electron chi connectivity index (χ3n) is 3.80. The van der Waals surface area contributed by atoms with Gasteiger partial charge in [0.1, 0.15) is 18.2 Å². The van der Waals surface area contributed by atoms with E-state index < -0.39 is 0 Å². The van der Waals surface area contributed by atoms with Crippen LogP contribution in [0.1, 0.15) is 33.4 Å². The van der Waals surface area contributed by atoms with Crippen molar-refractivity contribution in [3.8, 4) is 5.75 Å². The van der Waals surface area contributed by atoms with Gasteiger partial charge >= 0.3 is 0 Å². The van der Waals surface area contributed by atoms with Gasteiger partial charge in [0.2, 0.25) is 0 Å². The van der Waals surface area contributed by atoms with Crippen LogP contribution < -0.4 is 10.5 Å². The smallest absolute Gasteiger partial charge is 0.123 e. The topological polar surface area (TPSA) is 59.1 Å². The Labute approximate surface area is 126 Å². The number of nitrogens with one attached hydrogen (secondary N) is 1. The van der Waals surface area contributed by atoms with Crippen LogP contribution in [0, 0.1) is 33.1 Å². The number of amidine groups is 1. The average molecular weight is 282 g/mol. The van der Waals surface area contributed by atoms with Gasteiger partial charge in [0.05, 0.1) is 0 Å². The Morgan fingerprint density at radius 2 is 1.76 bits per heavy atom. The summed E-state index contributed by atoms with van der Waals surface area (Å²) in [6.45, 7) is 8.79. The number of nitrogen functional groups attached to an aromatic ring is 1. The lowest BCUT2D eigenvalue weighted by atomic mass is 10.0. The monoisotopic (exact) mass is 282 g/mol. The van der Waals surface area contributed by atoms with Crippen LogP contribution in [0.2, 0.25) is 0 Å². The first-order valence-electron chi connectivity index (χ1n) is 7.03. The average Bonchev–Trinajstić information content (AvgIpc) is 2.42. The minimum Gasteiger partial charge on any atom is -0.489 e. The van der Waals surface area contributed by atoms with Crippen molar-refractivity contribution in [3.05, 3.63) is 63.7 Å². The van der Waals surface area contributed by atoms with E-state index in [0.29, 0.717) is 6.61 Å². The number of ether oxygens (including phenoxy) is 1. The van der Waals surface area contributed by atoms with Crippen molar-refractivity contribution in [1.82, 2.24) is 0 Å². The largest absolute Gasteiger partial charge is 0.489 e. The Morgan fingerprint density at radius 1 is 1.05 bits per heavy atom. The minimum atomic E-state index is 0.0933. The van der Waals surface area contributed by atoms with E-state index in [4.69, 9.17) is 15.9 Å². The molecule has 0 heterocycles. The number of hydrogen-bond acceptors (Lipinski definition) is 2. The first kappa shape index (κ1) is 15.1. The van der Waals surface area contributed by atoms with Crippen LogP contribution in [0.3, 0.4) is 0 Å². The number of benzene rings is 2. The molecule has 0 unspecified atom stereocenters. The van der Waals surface area contributed by atoms with Crippen molar-refractivity contribution in [2.75, 3.05) is 0 Å².